The molecule has 3 rings (SSSR count). The SMILES string of the molecule is COc1ccc(Nc2nnc(S[C@H](C)C(=O)Nc3cc(C)ccc3C)s2)cc1. The topological polar surface area (TPSA) is 76.1 Å². The number of benzene rings is 2. The van der Waals surface area contributed by atoms with Gasteiger partial charge in [-0.3, -0.25) is 4.79 Å². The van der Waals surface area contributed by atoms with E-state index in [4.69, 9.17) is 4.74 Å². The summed E-state index contributed by atoms with van der Waals surface area (Å²) >= 11 is 2.80. The van der Waals surface area contributed by atoms with Crippen molar-refractivity contribution in [3.8, 4) is 5.75 Å². The highest BCUT2D eigenvalue weighted by atomic mass is 32.2. The Balaban J connectivity index is 1.58. The lowest BCUT2D eigenvalue weighted by atomic mass is 10.1. The van der Waals surface area contributed by atoms with E-state index in [1.807, 2.05) is 63.2 Å². The third kappa shape index (κ3) is 5.24. The Labute approximate surface area is 172 Å². The van der Waals surface area contributed by atoms with E-state index < -0.39 is 0 Å². The van der Waals surface area contributed by atoms with E-state index in [-0.39, 0.29) is 11.2 Å². The van der Waals surface area contributed by atoms with Gasteiger partial charge in [-0.05, 0) is 62.2 Å². The molecule has 0 aliphatic carbocycles. The van der Waals surface area contributed by atoms with Crippen LogP contribution in [0.5, 0.6) is 5.75 Å². The molecule has 1 aromatic heterocycles. The number of amides is 1. The molecular formula is C20H22N4O2S2. The van der Waals surface area contributed by atoms with Crippen molar-refractivity contribution in [2.24, 2.45) is 0 Å². The second kappa shape index (κ2) is 9.07. The molecule has 0 unspecified atom stereocenters. The molecule has 0 aliphatic heterocycles. The number of nitrogens with zero attached hydrogens (tertiary/aromatic N) is 2. The molecule has 8 heteroatoms. The molecule has 1 amide bonds. The van der Waals surface area contributed by atoms with Crippen LogP contribution in [-0.4, -0.2) is 28.5 Å². The molecule has 28 heavy (non-hydrogen) atoms. The van der Waals surface area contributed by atoms with E-state index in [0.29, 0.717) is 5.13 Å². The molecule has 146 valence electrons. The number of carbonyl (C=O) groups is 1. The molecule has 0 spiro atoms. The van der Waals surface area contributed by atoms with Crippen molar-refractivity contribution in [2.75, 3.05) is 17.7 Å². The molecule has 0 aliphatic rings. The van der Waals surface area contributed by atoms with E-state index in [1.165, 1.54) is 23.1 Å². The highest BCUT2D eigenvalue weighted by molar-refractivity contribution is 8.02. The van der Waals surface area contributed by atoms with Gasteiger partial charge in [0.15, 0.2) is 4.34 Å². The van der Waals surface area contributed by atoms with Gasteiger partial charge in [0.25, 0.3) is 0 Å². The largest absolute Gasteiger partial charge is 0.497 e. The molecule has 0 radical (unpaired) electrons. The Kier molecular flexibility index (Phi) is 6.53. The Morgan fingerprint density at radius 3 is 2.61 bits per heavy atom. The minimum atomic E-state index is -0.290. The van der Waals surface area contributed by atoms with Crippen LogP contribution in [0.15, 0.2) is 46.8 Å². The molecule has 0 bridgehead atoms. The number of hydrogen-bond donors (Lipinski definition) is 2. The average molecular weight is 415 g/mol. The van der Waals surface area contributed by atoms with Crippen LogP contribution in [0.3, 0.4) is 0 Å². The smallest absolute Gasteiger partial charge is 0.237 e. The number of aryl methyl sites for hydroxylation is 2. The van der Waals surface area contributed by atoms with Gasteiger partial charge in [0.05, 0.1) is 12.4 Å². The highest BCUT2D eigenvalue weighted by Crippen LogP contribution is 2.31. The monoisotopic (exact) mass is 414 g/mol. The Hall–Kier alpha value is -2.58. The minimum absolute atomic E-state index is 0.0569. The summed E-state index contributed by atoms with van der Waals surface area (Å²) in [5, 5.41) is 14.9. The van der Waals surface area contributed by atoms with E-state index in [0.717, 1.165) is 32.6 Å². The van der Waals surface area contributed by atoms with Gasteiger partial charge >= 0.3 is 0 Å². The fourth-order valence-electron chi connectivity index (χ4n) is 2.42. The van der Waals surface area contributed by atoms with Gasteiger partial charge < -0.3 is 15.4 Å². The van der Waals surface area contributed by atoms with Crippen molar-refractivity contribution in [2.45, 2.75) is 30.4 Å². The summed E-state index contributed by atoms with van der Waals surface area (Å²) in [6, 6.07) is 13.6. The second-order valence-electron chi connectivity index (χ2n) is 6.29. The number of nitrogens with one attached hydrogen (secondary N) is 2. The molecule has 2 aromatic carbocycles. The van der Waals surface area contributed by atoms with Crippen LogP contribution < -0.4 is 15.4 Å². The van der Waals surface area contributed by atoms with Crippen LogP contribution in [0.1, 0.15) is 18.1 Å². The predicted molar refractivity (Wildman–Crippen MR) is 116 cm³/mol. The summed E-state index contributed by atoms with van der Waals surface area (Å²) in [5.74, 6) is 0.737. The highest BCUT2D eigenvalue weighted by Gasteiger charge is 2.18. The first-order valence-electron chi connectivity index (χ1n) is 8.74. The molecule has 0 fully saturated rings. The molecule has 0 saturated carbocycles. The Bertz CT molecular complexity index is 957. The van der Waals surface area contributed by atoms with E-state index in [2.05, 4.69) is 20.8 Å². The van der Waals surface area contributed by atoms with Gasteiger partial charge in [-0.25, -0.2) is 0 Å². The fourth-order valence-corrected chi connectivity index (χ4v) is 4.33. The maximum atomic E-state index is 12.5. The quantitative estimate of drug-likeness (QED) is 0.528. The maximum absolute atomic E-state index is 12.5. The fraction of sp³-hybridized carbons (Fsp3) is 0.250. The lowest BCUT2D eigenvalue weighted by Gasteiger charge is -2.12. The van der Waals surface area contributed by atoms with Gasteiger partial charge in [-0.15, -0.1) is 10.2 Å². The maximum Gasteiger partial charge on any atom is 0.237 e. The first kappa shape index (κ1) is 20.2. The van der Waals surface area contributed by atoms with Gasteiger partial charge in [0, 0.05) is 11.4 Å². The van der Waals surface area contributed by atoms with Crippen LogP contribution in [0.25, 0.3) is 0 Å². The lowest BCUT2D eigenvalue weighted by molar-refractivity contribution is -0.115. The third-order valence-corrected chi connectivity index (χ3v) is 6.07. The average Bonchev–Trinajstić information content (AvgIpc) is 3.12. The normalized spacial score (nSPS) is 11.7. The van der Waals surface area contributed by atoms with Crippen LogP contribution in [0.4, 0.5) is 16.5 Å². The minimum Gasteiger partial charge on any atom is -0.497 e. The first-order valence-corrected chi connectivity index (χ1v) is 10.4. The zero-order valence-corrected chi connectivity index (χ0v) is 17.8. The number of anilines is 3. The third-order valence-electron chi connectivity index (χ3n) is 4.05. The molecule has 1 heterocycles. The Morgan fingerprint density at radius 2 is 1.89 bits per heavy atom. The van der Waals surface area contributed by atoms with Gasteiger partial charge in [-0.1, -0.05) is 35.2 Å². The number of methoxy groups -OCH3 is 1. The zero-order chi connectivity index (χ0) is 20.1. The van der Waals surface area contributed by atoms with Gasteiger partial charge in [0.2, 0.25) is 11.0 Å². The first-order chi connectivity index (χ1) is 13.4. The molecule has 2 N–H and O–H groups in total. The Morgan fingerprint density at radius 1 is 1.14 bits per heavy atom. The van der Waals surface area contributed by atoms with Crippen LogP contribution in [-0.2, 0) is 4.79 Å². The summed E-state index contributed by atoms with van der Waals surface area (Å²) in [6.45, 7) is 5.85. The van der Waals surface area contributed by atoms with Gasteiger partial charge in [-0.2, -0.15) is 0 Å². The van der Waals surface area contributed by atoms with Crippen molar-refractivity contribution >= 4 is 45.5 Å². The lowest BCUT2D eigenvalue weighted by Crippen LogP contribution is -2.22. The van der Waals surface area contributed by atoms with Crippen LogP contribution in [0.2, 0.25) is 0 Å². The number of thioether (sulfide) groups is 1. The van der Waals surface area contributed by atoms with E-state index in [9.17, 15) is 4.79 Å². The van der Waals surface area contributed by atoms with Crippen LogP contribution >= 0.6 is 23.1 Å². The molecule has 1 atom stereocenters. The van der Waals surface area contributed by atoms with E-state index in [1.54, 1.807) is 7.11 Å². The van der Waals surface area contributed by atoms with Crippen molar-refractivity contribution < 1.29 is 9.53 Å². The number of aromatic nitrogens is 2. The molecule has 3 aromatic rings. The predicted octanol–water partition coefficient (Wildman–Crippen LogP) is 5.03. The summed E-state index contributed by atoms with van der Waals surface area (Å²) in [4.78, 5) is 12.5. The summed E-state index contributed by atoms with van der Waals surface area (Å²) < 4.78 is 5.89. The molecule has 0 saturated heterocycles. The van der Waals surface area contributed by atoms with Gasteiger partial charge in [0.1, 0.15) is 5.75 Å². The zero-order valence-electron chi connectivity index (χ0n) is 16.1. The summed E-state index contributed by atoms with van der Waals surface area (Å²) in [5.41, 5.74) is 3.89. The molecular weight excluding hydrogens is 392 g/mol. The van der Waals surface area contributed by atoms with Crippen LogP contribution in [0, 0.1) is 13.8 Å². The number of ether oxygens (including phenoxy) is 1. The molecule has 6 nitrogen and oxygen atoms in total. The van der Waals surface area contributed by atoms with Crippen molar-refractivity contribution in [3.05, 3.63) is 53.6 Å². The second-order valence-corrected chi connectivity index (χ2v) is 8.86. The van der Waals surface area contributed by atoms with Crippen molar-refractivity contribution in [1.29, 1.82) is 0 Å². The number of hydrogen-bond acceptors (Lipinski definition) is 7. The summed E-state index contributed by atoms with van der Waals surface area (Å²) in [6.07, 6.45) is 0. The van der Waals surface area contributed by atoms with E-state index >= 15 is 0 Å². The summed E-state index contributed by atoms with van der Waals surface area (Å²) in [7, 11) is 1.63. The number of rotatable bonds is 7. The van der Waals surface area contributed by atoms with Crippen molar-refractivity contribution in [1.82, 2.24) is 10.2 Å². The number of carbonyl (C=O) groups excluding carboxylic acids is 1. The van der Waals surface area contributed by atoms with Crippen molar-refractivity contribution in [3.63, 3.8) is 0 Å². The standard InChI is InChI=1S/C20H22N4O2S2/c1-12-5-6-13(2)17(11-12)22-18(25)14(3)27-20-24-23-19(28-20)21-15-7-9-16(26-4)10-8-15/h5-11,14H,1-4H3,(H,21,23)(H,22,25)/t14-/m1/s1.